The lowest BCUT2D eigenvalue weighted by atomic mass is 9.79. The van der Waals surface area contributed by atoms with Crippen molar-refractivity contribution in [1.82, 2.24) is 9.80 Å². The Balaban J connectivity index is 2.19. The molecule has 28 heavy (non-hydrogen) atoms. The van der Waals surface area contributed by atoms with Gasteiger partial charge < -0.3 is 4.90 Å². The number of anilines is 1. The molecule has 5 heteroatoms. The van der Waals surface area contributed by atoms with Gasteiger partial charge in [-0.05, 0) is 65.2 Å². The second kappa shape index (κ2) is 8.21. The van der Waals surface area contributed by atoms with Crippen LogP contribution >= 0.6 is 0 Å². The normalized spacial score (nSPS) is 23.3. The summed E-state index contributed by atoms with van der Waals surface area (Å²) in [5.74, 6) is 0.428. The third kappa shape index (κ3) is 3.13. The van der Waals surface area contributed by atoms with Crippen LogP contribution in [0.2, 0.25) is 0 Å². The van der Waals surface area contributed by atoms with Crippen LogP contribution in [0.4, 0.5) is 5.69 Å². The molecule has 0 bridgehead atoms. The minimum Gasteiger partial charge on any atom is -0.374 e. The molecule has 2 aliphatic heterocycles. The molecule has 0 saturated carbocycles. The van der Waals surface area contributed by atoms with E-state index in [2.05, 4.69) is 18.7 Å². The van der Waals surface area contributed by atoms with Crippen molar-refractivity contribution in [3.63, 3.8) is 0 Å². The Morgan fingerprint density at radius 2 is 1.79 bits per heavy atom. The average Bonchev–Trinajstić information content (AvgIpc) is 2.97. The van der Waals surface area contributed by atoms with Crippen molar-refractivity contribution < 1.29 is 9.59 Å². The van der Waals surface area contributed by atoms with Gasteiger partial charge in [0.2, 0.25) is 5.91 Å². The zero-order valence-electron chi connectivity index (χ0n) is 17.4. The van der Waals surface area contributed by atoms with E-state index >= 15 is 0 Å². The molecule has 1 aromatic carbocycles. The molecule has 2 heterocycles. The summed E-state index contributed by atoms with van der Waals surface area (Å²) in [6.45, 7) is 9.97. The maximum atomic E-state index is 13.9. The van der Waals surface area contributed by atoms with Crippen molar-refractivity contribution in [2.45, 2.75) is 47.0 Å². The smallest absolute Gasteiger partial charge is 0.254 e. The monoisotopic (exact) mass is 381 g/mol. The Kier molecular flexibility index (Phi) is 5.92. The fraction of sp³-hybridized carbons (Fsp3) is 0.478. The second-order valence-corrected chi connectivity index (χ2v) is 7.46. The quantitative estimate of drug-likeness (QED) is 0.720. The Labute approximate surface area is 168 Å². The average molecular weight is 382 g/mol. The first-order valence-electron chi connectivity index (χ1n) is 10.3. The van der Waals surface area contributed by atoms with E-state index in [0.717, 1.165) is 43.7 Å². The predicted molar refractivity (Wildman–Crippen MR) is 112 cm³/mol. The van der Waals surface area contributed by atoms with E-state index in [1.54, 1.807) is 11.8 Å². The zero-order chi connectivity index (χ0) is 20.3. The van der Waals surface area contributed by atoms with Crippen LogP contribution in [0.25, 0.3) is 0 Å². The highest BCUT2D eigenvalue weighted by Crippen LogP contribution is 2.43. The highest BCUT2D eigenvalue weighted by atomic mass is 16.2. The number of para-hydroxylation sites is 1. The van der Waals surface area contributed by atoms with Gasteiger partial charge in [0, 0.05) is 25.3 Å². The van der Waals surface area contributed by atoms with Crippen LogP contribution in [-0.2, 0) is 9.59 Å². The molecule has 1 fully saturated rings. The standard InChI is InChI=1S/C23H31N3O2/c1-5-19(24(6-2)7-3)23(4)21(27)25-17-13-9-12-16-20(25)26(22(23)28)18-14-10-8-11-15-18/h5,8,10-11,14-16H,6-7,9,12-13,17H2,1-4H3/b19-5-/t23-/m1/s1. The first kappa shape index (κ1) is 20.2. The lowest BCUT2D eigenvalue weighted by Crippen LogP contribution is -2.62. The van der Waals surface area contributed by atoms with E-state index in [1.165, 1.54) is 0 Å². The van der Waals surface area contributed by atoms with Gasteiger partial charge >= 0.3 is 0 Å². The molecule has 1 atom stereocenters. The third-order valence-corrected chi connectivity index (χ3v) is 5.88. The van der Waals surface area contributed by atoms with Crippen LogP contribution < -0.4 is 4.90 Å². The molecule has 0 unspecified atom stereocenters. The van der Waals surface area contributed by atoms with Crippen molar-refractivity contribution in [3.8, 4) is 0 Å². The molecule has 1 aromatic rings. The third-order valence-electron chi connectivity index (χ3n) is 5.88. The molecule has 150 valence electrons. The Morgan fingerprint density at radius 3 is 2.39 bits per heavy atom. The maximum Gasteiger partial charge on any atom is 0.254 e. The fourth-order valence-corrected chi connectivity index (χ4v) is 4.37. The molecule has 5 nitrogen and oxygen atoms in total. The Bertz CT molecular complexity index is 795. The molecule has 0 aromatic heterocycles. The van der Waals surface area contributed by atoms with Crippen molar-refractivity contribution >= 4 is 17.5 Å². The van der Waals surface area contributed by atoms with Crippen LogP contribution in [0, 0.1) is 5.41 Å². The summed E-state index contributed by atoms with van der Waals surface area (Å²) in [6, 6.07) is 9.67. The van der Waals surface area contributed by atoms with Crippen molar-refractivity contribution in [2.24, 2.45) is 5.41 Å². The number of amides is 2. The van der Waals surface area contributed by atoms with Gasteiger partial charge in [0.25, 0.3) is 5.91 Å². The summed E-state index contributed by atoms with van der Waals surface area (Å²) in [6.07, 6.45) is 6.81. The Hall–Kier alpha value is -2.56. The number of rotatable bonds is 5. The first-order chi connectivity index (χ1) is 13.5. The topological polar surface area (TPSA) is 43.9 Å². The lowest BCUT2D eigenvalue weighted by Gasteiger charge is -2.48. The van der Waals surface area contributed by atoms with E-state index in [-0.39, 0.29) is 11.8 Å². The van der Waals surface area contributed by atoms with Gasteiger partial charge in [0.15, 0.2) is 5.41 Å². The molecule has 0 N–H and O–H groups in total. The zero-order valence-corrected chi connectivity index (χ0v) is 17.4. The molecule has 0 radical (unpaired) electrons. The number of nitrogens with zero attached hydrogens (tertiary/aromatic N) is 3. The molecular formula is C23H31N3O2. The number of hydrogen-bond acceptors (Lipinski definition) is 3. The molecular weight excluding hydrogens is 350 g/mol. The Morgan fingerprint density at radius 1 is 1.11 bits per heavy atom. The summed E-state index contributed by atoms with van der Waals surface area (Å²) < 4.78 is 0. The highest BCUT2D eigenvalue weighted by molar-refractivity contribution is 6.18. The van der Waals surface area contributed by atoms with Crippen LogP contribution in [0.1, 0.15) is 47.0 Å². The van der Waals surface area contributed by atoms with Gasteiger partial charge in [0.1, 0.15) is 5.82 Å². The summed E-state index contributed by atoms with van der Waals surface area (Å²) in [4.78, 5) is 33.4. The number of carbonyl (C=O) groups is 2. The van der Waals surface area contributed by atoms with E-state index in [0.29, 0.717) is 12.4 Å². The SMILES string of the molecule is C/C=C(\N(CC)CC)[C@]1(C)C(=O)N2CCCCC=C2N(c2ccccc2)C1=O. The number of carbonyl (C=O) groups excluding carboxylic acids is 2. The second-order valence-electron chi connectivity index (χ2n) is 7.46. The first-order valence-corrected chi connectivity index (χ1v) is 10.3. The molecule has 1 saturated heterocycles. The van der Waals surface area contributed by atoms with E-state index in [1.807, 2.05) is 54.3 Å². The van der Waals surface area contributed by atoms with Gasteiger partial charge in [-0.25, -0.2) is 0 Å². The summed E-state index contributed by atoms with van der Waals surface area (Å²) >= 11 is 0. The van der Waals surface area contributed by atoms with Crippen molar-refractivity contribution in [2.75, 3.05) is 24.5 Å². The van der Waals surface area contributed by atoms with Crippen LogP contribution in [0.3, 0.4) is 0 Å². The summed E-state index contributed by atoms with van der Waals surface area (Å²) in [5.41, 5.74) is 0.356. The van der Waals surface area contributed by atoms with E-state index in [9.17, 15) is 9.59 Å². The molecule has 2 aliphatic rings. The van der Waals surface area contributed by atoms with E-state index < -0.39 is 5.41 Å². The number of allylic oxidation sites excluding steroid dienone is 2. The predicted octanol–water partition coefficient (Wildman–Crippen LogP) is 4.14. The highest BCUT2D eigenvalue weighted by Gasteiger charge is 2.56. The van der Waals surface area contributed by atoms with Crippen LogP contribution in [0.5, 0.6) is 0 Å². The van der Waals surface area contributed by atoms with Crippen LogP contribution in [-0.4, -0.2) is 41.2 Å². The van der Waals surface area contributed by atoms with Gasteiger partial charge in [-0.2, -0.15) is 0 Å². The lowest BCUT2D eigenvalue weighted by molar-refractivity contribution is -0.149. The fourth-order valence-electron chi connectivity index (χ4n) is 4.37. The molecule has 0 aliphatic carbocycles. The van der Waals surface area contributed by atoms with Gasteiger partial charge in [-0.1, -0.05) is 24.3 Å². The maximum absolute atomic E-state index is 13.9. The van der Waals surface area contributed by atoms with Gasteiger partial charge in [-0.15, -0.1) is 0 Å². The number of fused-ring (bicyclic) bond motifs is 1. The van der Waals surface area contributed by atoms with Crippen molar-refractivity contribution in [3.05, 3.63) is 54.0 Å². The molecule has 0 spiro atoms. The summed E-state index contributed by atoms with van der Waals surface area (Å²) in [7, 11) is 0. The van der Waals surface area contributed by atoms with Gasteiger partial charge in [-0.3, -0.25) is 19.4 Å². The van der Waals surface area contributed by atoms with Crippen LogP contribution in [0.15, 0.2) is 54.0 Å². The molecule has 3 rings (SSSR count). The number of benzene rings is 1. The largest absolute Gasteiger partial charge is 0.374 e. The minimum atomic E-state index is -1.24. The van der Waals surface area contributed by atoms with Crippen molar-refractivity contribution in [1.29, 1.82) is 0 Å². The minimum absolute atomic E-state index is 0.113. The van der Waals surface area contributed by atoms with Gasteiger partial charge in [0.05, 0.1) is 5.69 Å². The molecule has 2 amide bonds. The number of hydrogen-bond donors (Lipinski definition) is 0. The summed E-state index contributed by atoms with van der Waals surface area (Å²) in [5, 5.41) is 0. The van der Waals surface area contributed by atoms with E-state index in [4.69, 9.17) is 0 Å².